The topological polar surface area (TPSA) is 242 Å². The lowest BCUT2D eigenvalue weighted by molar-refractivity contribution is -0.175. The van der Waals surface area contributed by atoms with Crippen molar-refractivity contribution < 1.29 is 68.9 Å². The second kappa shape index (κ2) is 13.6. The van der Waals surface area contributed by atoms with Crippen molar-refractivity contribution in [2.24, 2.45) is 0 Å². The first-order chi connectivity index (χ1) is 24.5. The van der Waals surface area contributed by atoms with Crippen molar-refractivity contribution in [1.82, 2.24) is 0 Å². The number of rotatable bonds is 11. The maximum atomic E-state index is 14.9. The minimum Gasteiger partial charge on any atom is -0.507 e. The van der Waals surface area contributed by atoms with Gasteiger partial charge in [-0.3, -0.25) is 28.8 Å². The molecule has 52 heavy (non-hydrogen) atoms. The van der Waals surface area contributed by atoms with Crippen molar-refractivity contribution in [3.8, 4) is 11.5 Å². The van der Waals surface area contributed by atoms with Crippen LogP contribution in [0.5, 0.6) is 11.5 Å². The van der Waals surface area contributed by atoms with E-state index in [0.29, 0.717) is 34.4 Å². The van der Waals surface area contributed by atoms with Crippen LogP contribution < -0.4 is 0 Å². The van der Waals surface area contributed by atoms with Crippen LogP contribution in [-0.4, -0.2) is 111 Å². The van der Waals surface area contributed by atoms with E-state index in [0.717, 1.165) is 0 Å². The molecule has 2 unspecified atom stereocenters. The number of Topliss-reactive ketones (excluding diaryl/α,β-unsaturated/α-hetero) is 4. The molecule has 2 aliphatic heterocycles. The number of aromatic hydroxyl groups is 2. The zero-order chi connectivity index (χ0) is 38.0. The molecule has 0 amide bonds. The number of ether oxygens (including phenoxy) is 2. The fourth-order valence-electron chi connectivity index (χ4n) is 8.29. The summed E-state index contributed by atoms with van der Waals surface area (Å²) in [5, 5.41) is 66.7. The molecule has 2 fully saturated rings. The average Bonchev–Trinajstić information content (AvgIpc) is 3.08. The number of carboxylic acid groups (broad SMARTS) is 2. The fraction of sp³-hybridized carbons (Fsp3) is 0.500. The number of phenols is 2. The number of fused-ring (bicyclic) bond motifs is 4. The molecule has 2 aromatic carbocycles. The Balaban J connectivity index is 1.60. The van der Waals surface area contributed by atoms with Crippen molar-refractivity contribution in [3.63, 3.8) is 0 Å². The summed E-state index contributed by atoms with van der Waals surface area (Å²) in [4.78, 5) is 82.9. The highest BCUT2D eigenvalue weighted by Crippen LogP contribution is 2.65. The SMILES string of the molecule is CCC[C@@H]1O[C@@H](CC(=O)O)CC2(SSC34C[C@@H](CC(=O)O)O[C@H](CCC)[C@]3(O)C(=O)c3c(O)cccc3C4=O)C(=O)c3cccc(O)c3C(=O)[C@]12O. The third-order valence-electron chi connectivity index (χ3n) is 10.6. The van der Waals surface area contributed by atoms with Crippen LogP contribution in [-0.2, 0) is 19.1 Å². The van der Waals surface area contributed by atoms with Crippen molar-refractivity contribution in [2.45, 2.75) is 110 Å². The highest BCUT2D eigenvalue weighted by molar-refractivity contribution is 8.78. The smallest absolute Gasteiger partial charge is 0.305 e. The van der Waals surface area contributed by atoms with Gasteiger partial charge in [0.1, 0.15) is 21.0 Å². The number of carbonyl (C=O) groups excluding carboxylic acids is 4. The van der Waals surface area contributed by atoms with E-state index < -0.39 is 128 Å². The van der Waals surface area contributed by atoms with Crippen molar-refractivity contribution in [1.29, 1.82) is 0 Å². The van der Waals surface area contributed by atoms with Gasteiger partial charge in [0.05, 0.1) is 48.4 Å². The summed E-state index contributed by atoms with van der Waals surface area (Å²) in [6.07, 6.45) is -7.31. The summed E-state index contributed by atoms with van der Waals surface area (Å²) >= 11 is 0. The highest BCUT2D eigenvalue weighted by atomic mass is 33.1. The summed E-state index contributed by atoms with van der Waals surface area (Å²) < 4.78 is 7.43. The Labute approximate surface area is 305 Å². The average molecular weight is 759 g/mol. The van der Waals surface area contributed by atoms with Crippen LogP contribution in [0.25, 0.3) is 0 Å². The van der Waals surface area contributed by atoms with Crippen LogP contribution in [0.3, 0.4) is 0 Å². The van der Waals surface area contributed by atoms with E-state index in [-0.39, 0.29) is 24.0 Å². The minimum absolute atomic E-state index is 0.0339. The second-order valence-electron chi connectivity index (χ2n) is 13.7. The maximum absolute atomic E-state index is 14.9. The summed E-state index contributed by atoms with van der Waals surface area (Å²) in [6, 6.07) is 7.53. The van der Waals surface area contributed by atoms with Crippen LogP contribution in [0.4, 0.5) is 0 Å². The zero-order valence-electron chi connectivity index (χ0n) is 28.2. The van der Waals surface area contributed by atoms with Crippen molar-refractivity contribution >= 4 is 56.7 Å². The molecule has 2 heterocycles. The Morgan fingerprint density at radius 1 is 0.673 bits per heavy atom. The Hall–Kier alpha value is -3.80. The summed E-state index contributed by atoms with van der Waals surface area (Å²) in [6.45, 7) is 3.43. The summed E-state index contributed by atoms with van der Waals surface area (Å²) in [5.41, 5.74) is -7.00. The van der Waals surface area contributed by atoms with Crippen LogP contribution in [0.15, 0.2) is 36.4 Å². The van der Waals surface area contributed by atoms with E-state index in [1.165, 1.54) is 36.4 Å². The molecule has 2 aliphatic carbocycles. The number of hydrogen-bond donors (Lipinski definition) is 6. The number of phenolic OH excluding ortho intramolecular Hbond substituents is 2. The quantitative estimate of drug-likeness (QED) is 0.179. The van der Waals surface area contributed by atoms with Gasteiger partial charge in [-0.1, -0.05) is 72.5 Å². The first-order valence-corrected chi connectivity index (χ1v) is 19.1. The molecule has 16 heteroatoms. The highest BCUT2D eigenvalue weighted by Gasteiger charge is 2.75. The van der Waals surface area contributed by atoms with Gasteiger partial charge in [-0.15, -0.1) is 0 Å². The Kier molecular flexibility index (Phi) is 9.89. The van der Waals surface area contributed by atoms with Gasteiger partial charge in [0.25, 0.3) is 0 Å². The van der Waals surface area contributed by atoms with Crippen molar-refractivity contribution in [3.05, 3.63) is 58.7 Å². The van der Waals surface area contributed by atoms with Gasteiger partial charge in [0.2, 0.25) is 11.6 Å². The number of carboxylic acids is 2. The minimum atomic E-state index is -2.76. The van der Waals surface area contributed by atoms with Crippen LogP contribution in [0, 0.1) is 0 Å². The molecule has 278 valence electrons. The van der Waals surface area contributed by atoms with E-state index in [2.05, 4.69) is 0 Å². The molecule has 2 saturated heterocycles. The normalized spacial score (nSPS) is 33.8. The molecular formula is C36H38O14S2. The second-order valence-corrected chi connectivity index (χ2v) is 16.5. The lowest BCUT2D eigenvalue weighted by Gasteiger charge is -2.58. The molecule has 4 aliphatic rings. The number of aliphatic carboxylic acids is 2. The van der Waals surface area contributed by atoms with Crippen LogP contribution in [0.1, 0.15) is 107 Å². The summed E-state index contributed by atoms with van der Waals surface area (Å²) in [5.74, 6) is -7.69. The first kappa shape index (κ1) is 37.9. The third-order valence-corrected chi connectivity index (χ3v) is 14.5. The standard InChI is InChI=1S/C36H38O14S2/c1-3-7-23-35(47)31(45)27-19(9-5-11-21(27)37)29(43)33(35,15-17(49-23)13-25(39)40)51-52-34-16-18(14-26(41)42)50-24(8-4-2)36(34,48)32(46)28-20(30(34)44)10-6-12-22(28)38/h5-6,9-12,17-18,23-24,37-38,47-48H,3-4,7-8,13-16H2,1-2H3,(H,39,40)(H,41,42)/t17-,18+,23-,24+,33?,34?,35+,36-. The van der Waals surface area contributed by atoms with Gasteiger partial charge in [-0.2, -0.15) is 0 Å². The Morgan fingerprint density at radius 2 is 1.04 bits per heavy atom. The largest absolute Gasteiger partial charge is 0.507 e. The molecule has 0 saturated carbocycles. The molecule has 0 radical (unpaired) electrons. The number of ketones is 4. The van der Waals surface area contributed by atoms with Crippen LogP contribution in [0.2, 0.25) is 0 Å². The third kappa shape index (κ3) is 5.32. The van der Waals surface area contributed by atoms with E-state index in [9.17, 15) is 59.4 Å². The van der Waals surface area contributed by atoms with Gasteiger partial charge in [0, 0.05) is 24.0 Å². The van der Waals surface area contributed by atoms with E-state index in [1.807, 2.05) is 0 Å². The molecule has 14 nitrogen and oxygen atoms in total. The van der Waals surface area contributed by atoms with Gasteiger partial charge in [-0.25, -0.2) is 0 Å². The molecule has 0 aromatic heterocycles. The van der Waals surface area contributed by atoms with E-state index in [1.54, 1.807) is 13.8 Å². The number of aliphatic hydroxyl groups is 2. The molecule has 6 rings (SSSR count). The molecule has 2 aromatic rings. The number of hydrogen-bond acceptors (Lipinski definition) is 14. The van der Waals surface area contributed by atoms with Gasteiger partial charge in [-0.05, 0) is 25.0 Å². The number of carbonyl (C=O) groups is 6. The fourth-order valence-corrected chi connectivity index (χ4v) is 12.6. The van der Waals surface area contributed by atoms with Crippen LogP contribution >= 0.6 is 21.6 Å². The molecule has 0 spiro atoms. The lowest BCUT2D eigenvalue weighted by atomic mass is 9.63. The predicted octanol–water partition coefficient (Wildman–Crippen LogP) is 3.74. The number of benzene rings is 2. The van der Waals surface area contributed by atoms with E-state index >= 15 is 0 Å². The lowest BCUT2D eigenvalue weighted by Crippen LogP contribution is -2.75. The Bertz CT molecular complexity index is 1750. The molecular weight excluding hydrogens is 721 g/mol. The first-order valence-electron chi connectivity index (χ1n) is 16.9. The van der Waals surface area contributed by atoms with Crippen molar-refractivity contribution in [2.75, 3.05) is 0 Å². The maximum Gasteiger partial charge on any atom is 0.305 e. The van der Waals surface area contributed by atoms with Gasteiger partial charge < -0.3 is 40.1 Å². The molecule has 8 atom stereocenters. The molecule has 6 N–H and O–H groups in total. The zero-order valence-corrected chi connectivity index (χ0v) is 29.8. The Morgan fingerprint density at radius 3 is 1.37 bits per heavy atom. The summed E-state index contributed by atoms with van der Waals surface area (Å²) in [7, 11) is 1.04. The monoisotopic (exact) mass is 758 g/mol. The molecule has 0 bridgehead atoms. The van der Waals surface area contributed by atoms with E-state index in [4.69, 9.17) is 9.47 Å². The van der Waals surface area contributed by atoms with Gasteiger partial charge >= 0.3 is 11.9 Å². The van der Waals surface area contributed by atoms with Gasteiger partial charge in [0.15, 0.2) is 22.8 Å². The predicted molar refractivity (Wildman–Crippen MR) is 185 cm³/mol.